The third-order valence-electron chi connectivity index (χ3n) is 1.15. The van der Waals surface area contributed by atoms with E-state index in [1.54, 1.807) is 12.2 Å². The summed E-state index contributed by atoms with van der Waals surface area (Å²) in [6, 6.07) is 0. The van der Waals surface area contributed by atoms with Gasteiger partial charge in [0.1, 0.15) is 0 Å². The molecule has 1 aliphatic heterocycles. The molecule has 6 heteroatoms. The molecule has 0 aromatic carbocycles. The largest absolute Gasteiger partial charge is 0.525 e. The molecule has 0 radical (unpaired) electrons. The Hall–Kier alpha value is -0.220. The summed E-state index contributed by atoms with van der Waals surface area (Å²) >= 11 is 1.28. The summed E-state index contributed by atoms with van der Waals surface area (Å²) in [5, 5.41) is 0.272. The molecule has 1 aliphatic rings. The van der Waals surface area contributed by atoms with Crippen molar-refractivity contribution < 1.29 is 18.9 Å². The molecule has 0 bridgehead atoms. The lowest BCUT2D eigenvalue weighted by molar-refractivity contribution is 0.254. The van der Waals surface area contributed by atoms with Gasteiger partial charge in [-0.2, -0.15) is 0 Å². The van der Waals surface area contributed by atoms with E-state index in [4.69, 9.17) is 9.79 Å². The number of thioether (sulfide) groups is 1. The second-order valence-electron chi connectivity index (χ2n) is 2.37. The van der Waals surface area contributed by atoms with E-state index < -0.39 is 7.82 Å². The van der Waals surface area contributed by atoms with Crippen LogP contribution in [0.2, 0.25) is 0 Å². The average molecular weight is 208 g/mol. The fourth-order valence-electron chi connectivity index (χ4n) is 0.665. The van der Waals surface area contributed by atoms with Crippen molar-refractivity contribution in [2.24, 2.45) is 0 Å². The molecule has 0 amide bonds. The van der Waals surface area contributed by atoms with Crippen LogP contribution in [0.15, 0.2) is 22.8 Å². The highest BCUT2D eigenvalue weighted by atomic mass is 32.2. The van der Waals surface area contributed by atoms with Gasteiger partial charge in [0.05, 0.1) is 0 Å². The van der Waals surface area contributed by atoms with Crippen molar-refractivity contribution in [3.8, 4) is 0 Å². The molecular formula is C6H9O4PS. The second kappa shape index (κ2) is 3.66. The number of allylic oxidation sites excluding steroid dienone is 2. The van der Waals surface area contributed by atoms with Gasteiger partial charge in [-0.05, 0) is 13.0 Å². The maximum absolute atomic E-state index is 10.4. The summed E-state index contributed by atoms with van der Waals surface area (Å²) in [6.07, 6.45) is 3.34. The van der Waals surface area contributed by atoms with E-state index in [1.165, 1.54) is 11.8 Å². The number of phosphoric acid groups is 1. The topological polar surface area (TPSA) is 66.8 Å². The zero-order valence-corrected chi connectivity index (χ0v) is 8.14. The van der Waals surface area contributed by atoms with Crippen LogP contribution in [-0.4, -0.2) is 15.5 Å². The highest BCUT2D eigenvalue weighted by Gasteiger charge is 2.18. The van der Waals surface area contributed by atoms with E-state index >= 15 is 0 Å². The molecule has 12 heavy (non-hydrogen) atoms. The summed E-state index contributed by atoms with van der Waals surface area (Å²) in [5.74, 6) is 0.714. The first-order chi connectivity index (χ1) is 5.47. The van der Waals surface area contributed by atoms with Crippen molar-refractivity contribution in [1.82, 2.24) is 0 Å². The molecule has 0 aromatic heterocycles. The molecule has 2 N–H and O–H groups in total. The van der Waals surface area contributed by atoms with Crippen molar-refractivity contribution in [1.29, 1.82) is 0 Å². The Kier molecular flexibility index (Phi) is 3.01. The van der Waals surface area contributed by atoms with Gasteiger partial charge >= 0.3 is 7.82 Å². The van der Waals surface area contributed by atoms with E-state index in [2.05, 4.69) is 4.52 Å². The van der Waals surface area contributed by atoms with Crippen molar-refractivity contribution in [3.05, 3.63) is 22.8 Å². The number of hydrogen-bond donors (Lipinski definition) is 2. The van der Waals surface area contributed by atoms with Crippen LogP contribution in [0.4, 0.5) is 0 Å². The molecule has 0 aromatic rings. The minimum absolute atomic E-state index is 0.272. The average Bonchev–Trinajstić information content (AvgIpc) is 1.91. The van der Waals surface area contributed by atoms with Crippen molar-refractivity contribution in [2.75, 3.05) is 5.75 Å². The van der Waals surface area contributed by atoms with Gasteiger partial charge in [0, 0.05) is 5.75 Å². The molecule has 1 rings (SSSR count). The molecule has 0 saturated carbocycles. The van der Waals surface area contributed by atoms with E-state index in [0.717, 1.165) is 5.57 Å². The van der Waals surface area contributed by atoms with Crippen LogP contribution in [0, 0.1) is 0 Å². The van der Waals surface area contributed by atoms with Gasteiger partial charge in [-0.1, -0.05) is 23.4 Å². The maximum Gasteiger partial charge on any atom is 0.525 e. The Labute approximate surface area is 74.6 Å². The molecule has 1 heterocycles. The predicted molar refractivity (Wildman–Crippen MR) is 47.4 cm³/mol. The Morgan fingerprint density at radius 3 is 2.67 bits per heavy atom. The van der Waals surface area contributed by atoms with Crippen molar-refractivity contribution in [2.45, 2.75) is 6.92 Å². The van der Waals surface area contributed by atoms with E-state index in [9.17, 15) is 4.57 Å². The molecule has 0 aliphatic carbocycles. The number of phosphoric ester groups is 1. The monoisotopic (exact) mass is 208 g/mol. The molecule has 0 spiro atoms. The predicted octanol–water partition coefficient (Wildman–Crippen LogP) is 1.63. The highest BCUT2D eigenvalue weighted by molar-refractivity contribution is 8.03. The van der Waals surface area contributed by atoms with Gasteiger partial charge in [-0.3, -0.25) is 9.79 Å². The standard InChI is InChI=1S/C6H9O4PS/c1-5-2-3-6(12-4-5)10-11(7,8)9/h2-3H,4H2,1H3,(H2,7,8,9). The summed E-state index contributed by atoms with van der Waals surface area (Å²) < 4.78 is 14.8. The van der Waals surface area contributed by atoms with Crippen LogP contribution in [0.1, 0.15) is 6.92 Å². The zero-order valence-electron chi connectivity index (χ0n) is 6.43. The van der Waals surface area contributed by atoms with Gasteiger partial charge in [0.2, 0.25) is 0 Å². The lowest BCUT2D eigenvalue weighted by Gasteiger charge is -2.12. The van der Waals surface area contributed by atoms with Crippen LogP contribution in [-0.2, 0) is 9.09 Å². The van der Waals surface area contributed by atoms with Gasteiger partial charge in [0.25, 0.3) is 0 Å². The molecule has 68 valence electrons. The third-order valence-corrected chi connectivity index (χ3v) is 2.82. The molecular weight excluding hydrogens is 199 g/mol. The summed E-state index contributed by atoms with van der Waals surface area (Å²) in [7, 11) is -4.37. The zero-order chi connectivity index (χ0) is 9.19. The third kappa shape index (κ3) is 3.45. The molecule has 0 fully saturated rings. The van der Waals surface area contributed by atoms with E-state index in [0.29, 0.717) is 5.75 Å². The summed E-state index contributed by atoms with van der Waals surface area (Å²) in [4.78, 5) is 16.9. The number of rotatable bonds is 2. The molecule has 0 atom stereocenters. The minimum atomic E-state index is -4.37. The van der Waals surface area contributed by atoms with E-state index in [-0.39, 0.29) is 5.09 Å². The molecule has 0 saturated heterocycles. The van der Waals surface area contributed by atoms with Gasteiger partial charge < -0.3 is 4.52 Å². The summed E-state index contributed by atoms with van der Waals surface area (Å²) in [5.41, 5.74) is 1.15. The Bertz CT molecular complexity index is 277. The lowest BCUT2D eigenvalue weighted by atomic mass is 10.3. The molecule has 0 unspecified atom stereocenters. The fraction of sp³-hybridized carbons (Fsp3) is 0.333. The first-order valence-corrected chi connectivity index (χ1v) is 5.74. The van der Waals surface area contributed by atoms with Crippen LogP contribution >= 0.6 is 19.6 Å². The van der Waals surface area contributed by atoms with Gasteiger partial charge in [-0.25, -0.2) is 4.57 Å². The number of hydrogen-bond acceptors (Lipinski definition) is 3. The minimum Gasteiger partial charge on any atom is -0.397 e. The Morgan fingerprint density at radius 1 is 1.58 bits per heavy atom. The lowest BCUT2D eigenvalue weighted by Crippen LogP contribution is -1.93. The van der Waals surface area contributed by atoms with Crippen LogP contribution in [0.25, 0.3) is 0 Å². The Balaban J connectivity index is 2.61. The fourth-order valence-corrected chi connectivity index (χ4v) is 2.09. The second-order valence-corrected chi connectivity index (χ2v) is 4.51. The normalized spacial score (nSPS) is 18.2. The van der Waals surface area contributed by atoms with E-state index in [1.807, 2.05) is 6.92 Å². The van der Waals surface area contributed by atoms with Crippen LogP contribution in [0.3, 0.4) is 0 Å². The quantitative estimate of drug-likeness (QED) is 0.675. The van der Waals surface area contributed by atoms with Crippen molar-refractivity contribution in [3.63, 3.8) is 0 Å². The van der Waals surface area contributed by atoms with Crippen LogP contribution < -0.4 is 0 Å². The molecule has 4 nitrogen and oxygen atoms in total. The first kappa shape index (κ1) is 9.86. The highest BCUT2D eigenvalue weighted by Crippen LogP contribution is 2.43. The summed E-state index contributed by atoms with van der Waals surface area (Å²) in [6.45, 7) is 1.94. The first-order valence-electron chi connectivity index (χ1n) is 3.23. The maximum atomic E-state index is 10.4. The smallest absolute Gasteiger partial charge is 0.397 e. The van der Waals surface area contributed by atoms with Crippen molar-refractivity contribution >= 4 is 19.6 Å². The SMILES string of the molecule is CC1=CC=C(OP(=O)(O)O)SC1. The Morgan fingerprint density at radius 2 is 2.25 bits per heavy atom. The van der Waals surface area contributed by atoms with Crippen LogP contribution in [0.5, 0.6) is 0 Å². The van der Waals surface area contributed by atoms with Gasteiger partial charge in [0.15, 0.2) is 5.09 Å². The van der Waals surface area contributed by atoms with Gasteiger partial charge in [-0.15, -0.1) is 0 Å².